The fourth-order valence-electron chi connectivity index (χ4n) is 3.61. The third-order valence-corrected chi connectivity index (χ3v) is 7.31. The maximum absolute atomic E-state index is 13.3. The minimum atomic E-state index is -4.92. The highest BCUT2D eigenvalue weighted by Crippen LogP contribution is 2.27. The van der Waals surface area contributed by atoms with E-state index >= 15 is 0 Å². The molecule has 13 heteroatoms. The summed E-state index contributed by atoms with van der Waals surface area (Å²) in [5.74, 6) is -1.42. The number of alkyl halides is 3. The summed E-state index contributed by atoms with van der Waals surface area (Å²) in [6.45, 7) is 1.20. The second-order valence-electron chi connectivity index (χ2n) is 7.82. The number of halogens is 3. The number of piperazine rings is 1. The van der Waals surface area contributed by atoms with E-state index in [0.29, 0.717) is 6.42 Å². The highest BCUT2D eigenvalue weighted by molar-refractivity contribution is 7.89. The van der Waals surface area contributed by atoms with Crippen molar-refractivity contribution >= 4 is 21.8 Å². The lowest BCUT2D eigenvalue weighted by Gasteiger charge is -2.39. The molecular formula is C22H24F3N3O6S. The predicted octanol–water partition coefficient (Wildman–Crippen LogP) is 1.87. The molecule has 190 valence electrons. The Kier molecular flexibility index (Phi) is 7.90. The Morgan fingerprint density at radius 3 is 2.29 bits per heavy atom. The lowest BCUT2D eigenvalue weighted by atomic mass is 10.1. The molecule has 0 aliphatic carbocycles. The molecule has 2 N–H and O–H groups in total. The number of carbonyl (C=O) groups excluding carboxylic acids is 2. The van der Waals surface area contributed by atoms with Gasteiger partial charge < -0.3 is 20.1 Å². The van der Waals surface area contributed by atoms with Crippen molar-refractivity contribution < 1.29 is 41.0 Å². The van der Waals surface area contributed by atoms with Crippen molar-refractivity contribution in [3.8, 4) is 11.5 Å². The zero-order chi connectivity index (χ0) is 25.8. The standard InChI is InChI=1S/C22H24F3N3O6S/c1-15(29)27-12-13-28(35(32,33)19-8-6-18(7-9-19)34-22(23,24)25)20(14-27)21(31)26-11-10-16-2-4-17(30)5-3-16/h2-9,20,30H,10-14H2,1H3,(H,26,31)/t20-/m1/s1. The summed E-state index contributed by atoms with van der Waals surface area (Å²) in [6.07, 6.45) is -4.50. The molecule has 9 nitrogen and oxygen atoms in total. The van der Waals surface area contributed by atoms with Crippen LogP contribution in [0.15, 0.2) is 53.4 Å². The SMILES string of the molecule is CC(=O)N1CCN(S(=O)(=O)c2ccc(OC(F)(F)F)cc2)[C@@H](C(=O)NCCc2ccc(O)cc2)C1. The van der Waals surface area contributed by atoms with Crippen molar-refractivity contribution in [1.29, 1.82) is 0 Å². The molecule has 1 fully saturated rings. The second kappa shape index (κ2) is 10.5. The molecule has 2 amide bonds. The molecule has 35 heavy (non-hydrogen) atoms. The summed E-state index contributed by atoms with van der Waals surface area (Å²) in [5, 5.41) is 12.0. The average Bonchev–Trinajstić information content (AvgIpc) is 2.79. The lowest BCUT2D eigenvalue weighted by molar-refractivity contribution is -0.274. The molecule has 0 spiro atoms. The van der Waals surface area contributed by atoms with Crippen molar-refractivity contribution in [3.63, 3.8) is 0 Å². The summed E-state index contributed by atoms with van der Waals surface area (Å²) in [4.78, 5) is 25.9. The van der Waals surface area contributed by atoms with E-state index in [1.807, 2.05) is 0 Å². The van der Waals surface area contributed by atoms with Crippen LogP contribution in [-0.4, -0.2) is 73.1 Å². The molecule has 1 aliphatic heterocycles. The maximum Gasteiger partial charge on any atom is 0.573 e. The fraction of sp³-hybridized carbons (Fsp3) is 0.364. The van der Waals surface area contributed by atoms with Crippen LogP contribution >= 0.6 is 0 Å². The number of rotatable bonds is 7. The molecule has 2 aromatic carbocycles. The monoisotopic (exact) mass is 515 g/mol. The Balaban J connectivity index is 1.76. The molecule has 1 atom stereocenters. The Morgan fingerprint density at radius 2 is 1.71 bits per heavy atom. The number of amides is 2. The number of nitrogens with one attached hydrogen (secondary N) is 1. The molecule has 0 bridgehead atoms. The molecule has 1 saturated heterocycles. The zero-order valence-electron chi connectivity index (χ0n) is 18.7. The van der Waals surface area contributed by atoms with Crippen LogP contribution in [0.5, 0.6) is 11.5 Å². The molecule has 1 heterocycles. The van der Waals surface area contributed by atoms with Gasteiger partial charge in [-0.3, -0.25) is 9.59 Å². The molecule has 3 rings (SSSR count). The van der Waals surface area contributed by atoms with Crippen LogP contribution in [0, 0.1) is 0 Å². The number of phenolic OH excluding ortho intramolecular Hbond substituents is 1. The molecule has 2 aromatic rings. The molecule has 1 aliphatic rings. The Morgan fingerprint density at radius 1 is 1.09 bits per heavy atom. The molecule has 0 saturated carbocycles. The summed E-state index contributed by atoms with van der Waals surface area (Å²) in [7, 11) is -4.28. The van der Waals surface area contributed by atoms with Gasteiger partial charge in [0, 0.05) is 33.1 Å². The van der Waals surface area contributed by atoms with Gasteiger partial charge in [0.05, 0.1) is 4.90 Å². The zero-order valence-corrected chi connectivity index (χ0v) is 19.5. The van der Waals surface area contributed by atoms with Crippen LogP contribution in [0.3, 0.4) is 0 Å². The van der Waals surface area contributed by atoms with Gasteiger partial charge in [-0.15, -0.1) is 13.2 Å². The maximum atomic E-state index is 13.3. The summed E-state index contributed by atoms with van der Waals surface area (Å²) in [5.41, 5.74) is 0.836. The number of ether oxygens (including phenoxy) is 1. The summed E-state index contributed by atoms with van der Waals surface area (Å²) < 4.78 is 68.4. The van der Waals surface area contributed by atoms with Crippen molar-refractivity contribution in [3.05, 3.63) is 54.1 Å². The minimum absolute atomic E-state index is 0.0567. The minimum Gasteiger partial charge on any atom is -0.508 e. The van der Waals surface area contributed by atoms with Gasteiger partial charge >= 0.3 is 6.36 Å². The number of phenols is 1. The number of carbonyl (C=O) groups is 2. The van der Waals surface area contributed by atoms with E-state index in [9.17, 15) is 36.3 Å². The van der Waals surface area contributed by atoms with Gasteiger partial charge in [-0.2, -0.15) is 4.31 Å². The van der Waals surface area contributed by atoms with Crippen LogP contribution in [0.4, 0.5) is 13.2 Å². The van der Waals surface area contributed by atoms with Crippen molar-refractivity contribution in [2.24, 2.45) is 0 Å². The first-order valence-electron chi connectivity index (χ1n) is 10.6. The third-order valence-electron chi connectivity index (χ3n) is 5.39. The van der Waals surface area contributed by atoms with E-state index in [2.05, 4.69) is 10.1 Å². The highest BCUT2D eigenvalue weighted by Gasteiger charge is 2.41. The van der Waals surface area contributed by atoms with Crippen LogP contribution < -0.4 is 10.1 Å². The second-order valence-corrected chi connectivity index (χ2v) is 9.71. The van der Waals surface area contributed by atoms with E-state index in [4.69, 9.17) is 0 Å². The van der Waals surface area contributed by atoms with E-state index in [1.165, 1.54) is 24.0 Å². The fourth-order valence-corrected chi connectivity index (χ4v) is 5.18. The first-order valence-corrected chi connectivity index (χ1v) is 12.0. The molecule has 0 radical (unpaired) electrons. The van der Waals surface area contributed by atoms with Crippen LogP contribution in [0.2, 0.25) is 0 Å². The largest absolute Gasteiger partial charge is 0.573 e. The molecular weight excluding hydrogens is 491 g/mol. The smallest absolute Gasteiger partial charge is 0.508 e. The van der Waals surface area contributed by atoms with Gasteiger partial charge in [0.15, 0.2) is 0 Å². The van der Waals surface area contributed by atoms with Gasteiger partial charge in [0.1, 0.15) is 17.5 Å². The number of benzene rings is 2. The van der Waals surface area contributed by atoms with Gasteiger partial charge in [-0.1, -0.05) is 12.1 Å². The van der Waals surface area contributed by atoms with Crippen molar-refractivity contribution in [1.82, 2.24) is 14.5 Å². The third kappa shape index (κ3) is 6.85. The summed E-state index contributed by atoms with van der Waals surface area (Å²) >= 11 is 0. The van der Waals surface area contributed by atoms with Crippen LogP contribution in [0.1, 0.15) is 12.5 Å². The van der Waals surface area contributed by atoms with E-state index < -0.39 is 34.1 Å². The number of aromatic hydroxyl groups is 1. The van der Waals surface area contributed by atoms with E-state index in [1.54, 1.807) is 12.1 Å². The van der Waals surface area contributed by atoms with Gasteiger partial charge in [-0.25, -0.2) is 8.42 Å². The first kappa shape index (κ1) is 26.3. The average molecular weight is 516 g/mol. The number of hydrogen-bond acceptors (Lipinski definition) is 6. The first-order chi connectivity index (χ1) is 16.4. The number of nitrogens with zero attached hydrogens (tertiary/aromatic N) is 2. The Hall–Kier alpha value is -3.32. The predicted molar refractivity (Wildman–Crippen MR) is 118 cm³/mol. The normalized spacial score (nSPS) is 17.1. The quantitative estimate of drug-likeness (QED) is 0.582. The van der Waals surface area contributed by atoms with Gasteiger partial charge in [-0.05, 0) is 48.4 Å². The van der Waals surface area contributed by atoms with Crippen LogP contribution in [-0.2, 0) is 26.0 Å². The van der Waals surface area contributed by atoms with Gasteiger partial charge in [0.25, 0.3) is 0 Å². The molecule has 0 aromatic heterocycles. The van der Waals surface area contributed by atoms with Crippen molar-refractivity contribution in [2.75, 3.05) is 26.2 Å². The number of sulfonamides is 1. The van der Waals surface area contributed by atoms with E-state index in [0.717, 1.165) is 34.1 Å². The summed E-state index contributed by atoms with van der Waals surface area (Å²) in [6, 6.07) is 8.82. The highest BCUT2D eigenvalue weighted by atomic mass is 32.2. The van der Waals surface area contributed by atoms with Crippen molar-refractivity contribution in [2.45, 2.75) is 30.6 Å². The lowest BCUT2D eigenvalue weighted by Crippen LogP contribution is -2.61. The van der Waals surface area contributed by atoms with E-state index in [-0.39, 0.29) is 42.7 Å². The Labute approximate surface area is 200 Å². The Bertz CT molecular complexity index is 1150. The van der Waals surface area contributed by atoms with Gasteiger partial charge in [0.2, 0.25) is 21.8 Å². The molecule has 0 unspecified atom stereocenters. The topological polar surface area (TPSA) is 116 Å². The number of hydrogen-bond donors (Lipinski definition) is 2. The van der Waals surface area contributed by atoms with Crippen LogP contribution in [0.25, 0.3) is 0 Å².